The smallest absolute Gasteiger partial charge is 0.323 e. The first-order valence-corrected chi connectivity index (χ1v) is 12.7. The van der Waals surface area contributed by atoms with Gasteiger partial charge < -0.3 is 15.0 Å². The predicted octanol–water partition coefficient (Wildman–Crippen LogP) is 3.63. The highest BCUT2D eigenvalue weighted by atomic mass is 32.2. The van der Waals surface area contributed by atoms with E-state index in [4.69, 9.17) is 4.74 Å². The maximum atomic E-state index is 12.9. The largest absolute Gasteiger partial charge is 0.460 e. The number of benzene rings is 1. The maximum absolute atomic E-state index is 12.9. The number of amides is 1. The molecule has 1 aromatic carbocycles. The fourth-order valence-electron chi connectivity index (χ4n) is 4.35. The van der Waals surface area contributed by atoms with Gasteiger partial charge in [0, 0.05) is 31.7 Å². The number of anilines is 1. The average Bonchev–Trinajstić information content (AvgIpc) is 3.43. The normalized spacial score (nSPS) is 21.6. The van der Waals surface area contributed by atoms with Crippen molar-refractivity contribution in [1.29, 1.82) is 5.26 Å². The molecule has 0 aliphatic carbocycles. The summed E-state index contributed by atoms with van der Waals surface area (Å²) in [6, 6.07) is 10.5. The topological polar surface area (TPSA) is 85.7 Å². The quantitative estimate of drug-likeness (QED) is 0.369. The Morgan fingerprint density at radius 3 is 2.91 bits per heavy atom. The van der Waals surface area contributed by atoms with E-state index >= 15 is 0 Å². The molecule has 33 heavy (non-hydrogen) atoms. The van der Waals surface area contributed by atoms with Gasteiger partial charge in [0.1, 0.15) is 12.5 Å². The molecule has 3 unspecified atom stereocenters. The summed E-state index contributed by atoms with van der Waals surface area (Å²) in [4.78, 5) is 29.3. The lowest BCUT2D eigenvalue weighted by Crippen LogP contribution is -2.36. The lowest BCUT2D eigenvalue weighted by Gasteiger charge is -2.23. The number of rotatable bonds is 12. The van der Waals surface area contributed by atoms with Gasteiger partial charge in [-0.25, -0.2) is 0 Å². The number of carbonyl (C=O) groups excluding carboxylic acids is 2. The molecular formula is C25H34N4O3S. The van der Waals surface area contributed by atoms with Gasteiger partial charge in [-0.05, 0) is 57.0 Å². The molecule has 2 aliphatic rings. The molecule has 0 aromatic heterocycles. The van der Waals surface area contributed by atoms with Crippen LogP contribution in [0.15, 0.2) is 36.9 Å². The zero-order chi connectivity index (χ0) is 23.6. The van der Waals surface area contributed by atoms with Crippen molar-refractivity contribution in [3.63, 3.8) is 0 Å². The Kier molecular flexibility index (Phi) is 9.64. The third-order valence-electron chi connectivity index (χ3n) is 6.06. The van der Waals surface area contributed by atoms with Crippen LogP contribution >= 0.6 is 11.8 Å². The van der Waals surface area contributed by atoms with Crippen LogP contribution in [0.1, 0.15) is 38.2 Å². The Labute approximate surface area is 201 Å². The van der Waals surface area contributed by atoms with Gasteiger partial charge in [0.2, 0.25) is 5.91 Å². The molecule has 8 heteroatoms. The molecule has 7 nitrogen and oxygen atoms in total. The van der Waals surface area contributed by atoms with E-state index in [1.165, 1.54) is 37.6 Å². The molecule has 2 saturated heterocycles. The summed E-state index contributed by atoms with van der Waals surface area (Å²) in [6.07, 6.45) is 5.01. The fraction of sp³-hybridized carbons (Fsp3) is 0.560. The second-order valence-corrected chi connectivity index (χ2v) is 9.82. The van der Waals surface area contributed by atoms with E-state index in [2.05, 4.69) is 41.1 Å². The molecule has 3 rings (SSSR count). The molecule has 178 valence electrons. The standard InChI is InChI=1S/C25H34N4O3S/c1-3-14-32-25(31)20(17-26)16-23-29(4-2)24(30)22(33-23)10-11-27-21-9-7-8-19(15-21)18-28-12-5-6-13-28/h3,7-9,15,20,22-23,27H,1,4-6,10-14,16,18H2,2H3. The maximum Gasteiger partial charge on any atom is 0.323 e. The van der Waals surface area contributed by atoms with Crippen LogP contribution < -0.4 is 5.32 Å². The monoisotopic (exact) mass is 470 g/mol. The number of ether oxygens (including phenoxy) is 1. The van der Waals surface area contributed by atoms with E-state index in [9.17, 15) is 14.9 Å². The number of likely N-dealkylation sites (tertiary alicyclic amines) is 1. The van der Waals surface area contributed by atoms with Crippen molar-refractivity contribution in [3.05, 3.63) is 42.5 Å². The lowest BCUT2D eigenvalue weighted by atomic mass is 10.1. The minimum atomic E-state index is -0.889. The summed E-state index contributed by atoms with van der Waals surface area (Å²) in [5.41, 5.74) is 2.37. The van der Waals surface area contributed by atoms with Crippen molar-refractivity contribution in [2.45, 2.75) is 49.8 Å². The van der Waals surface area contributed by atoms with Crippen LogP contribution in [-0.2, 0) is 20.9 Å². The number of thioether (sulfide) groups is 1. The summed E-state index contributed by atoms with van der Waals surface area (Å²) in [7, 11) is 0. The second-order valence-electron chi connectivity index (χ2n) is 8.44. The highest BCUT2D eigenvalue weighted by Gasteiger charge is 2.41. The summed E-state index contributed by atoms with van der Waals surface area (Å²) in [5, 5.41) is 12.5. The predicted molar refractivity (Wildman–Crippen MR) is 131 cm³/mol. The van der Waals surface area contributed by atoms with Crippen LogP contribution in [0.2, 0.25) is 0 Å². The first-order chi connectivity index (χ1) is 16.0. The molecule has 1 N–H and O–H groups in total. The van der Waals surface area contributed by atoms with E-state index in [-0.39, 0.29) is 29.6 Å². The number of hydrogen-bond donors (Lipinski definition) is 1. The van der Waals surface area contributed by atoms with Gasteiger partial charge in [0.25, 0.3) is 0 Å². The minimum Gasteiger partial charge on any atom is -0.460 e. The van der Waals surface area contributed by atoms with E-state index < -0.39 is 11.9 Å². The molecule has 0 radical (unpaired) electrons. The van der Waals surface area contributed by atoms with E-state index in [1.54, 1.807) is 16.7 Å². The van der Waals surface area contributed by atoms with Crippen LogP contribution in [-0.4, -0.2) is 65.1 Å². The van der Waals surface area contributed by atoms with Gasteiger partial charge in [-0.3, -0.25) is 14.5 Å². The van der Waals surface area contributed by atoms with Crippen molar-refractivity contribution < 1.29 is 14.3 Å². The number of hydrogen-bond acceptors (Lipinski definition) is 7. The highest BCUT2D eigenvalue weighted by Crippen LogP contribution is 2.37. The van der Waals surface area contributed by atoms with Gasteiger partial charge in [-0.15, -0.1) is 11.8 Å². The van der Waals surface area contributed by atoms with Crippen molar-refractivity contribution in [2.75, 3.05) is 38.1 Å². The Balaban J connectivity index is 1.51. The molecule has 2 aliphatic heterocycles. The summed E-state index contributed by atoms with van der Waals surface area (Å²) < 4.78 is 5.04. The van der Waals surface area contributed by atoms with E-state index in [0.717, 1.165) is 12.2 Å². The summed E-state index contributed by atoms with van der Waals surface area (Å²) in [5.74, 6) is -1.37. The van der Waals surface area contributed by atoms with Gasteiger partial charge in [-0.1, -0.05) is 24.8 Å². The lowest BCUT2D eigenvalue weighted by molar-refractivity contribution is -0.146. The van der Waals surface area contributed by atoms with Crippen molar-refractivity contribution in [1.82, 2.24) is 9.80 Å². The first-order valence-electron chi connectivity index (χ1n) is 11.7. The molecular weight excluding hydrogens is 436 g/mol. The summed E-state index contributed by atoms with van der Waals surface area (Å²) in [6.45, 7) is 10.1. The molecule has 1 aromatic rings. The SMILES string of the molecule is C=CCOC(=O)C(C#N)CC1SC(CCNc2cccc(CN3CCCC3)c2)C(=O)N1CC. The van der Waals surface area contributed by atoms with Gasteiger partial charge >= 0.3 is 5.97 Å². The zero-order valence-electron chi connectivity index (χ0n) is 19.4. The number of nitrogens with zero attached hydrogens (tertiary/aromatic N) is 3. The number of esters is 1. The summed E-state index contributed by atoms with van der Waals surface area (Å²) >= 11 is 1.55. The van der Waals surface area contributed by atoms with Crippen molar-refractivity contribution in [2.24, 2.45) is 5.92 Å². The Hall–Kier alpha value is -2.50. The van der Waals surface area contributed by atoms with Crippen LogP contribution in [0.4, 0.5) is 5.69 Å². The van der Waals surface area contributed by atoms with Crippen molar-refractivity contribution >= 4 is 29.3 Å². The van der Waals surface area contributed by atoms with Gasteiger partial charge in [0.15, 0.2) is 0 Å². The zero-order valence-corrected chi connectivity index (χ0v) is 20.2. The van der Waals surface area contributed by atoms with Crippen LogP contribution in [0.5, 0.6) is 0 Å². The number of carbonyl (C=O) groups is 2. The number of nitriles is 1. The molecule has 3 atom stereocenters. The fourth-order valence-corrected chi connectivity index (χ4v) is 5.94. The Morgan fingerprint density at radius 2 is 2.21 bits per heavy atom. The van der Waals surface area contributed by atoms with Crippen LogP contribution in [0, 0.1) is 17.2 Å². The van der Waals surface area contributed by atoms with Gasteiger partial charge in [-0.2, -0.15) is 5.26 Å². The van der Waals surface area contributed by atoms with Crippen molar-refractivity contribution in [3.8, 4) is 6.07 Å². The van der Waals surface area contributed by atoms with E-state index in [0.29, 0.717) is 19.5 Å². The molecule has 2 heterocycles. The average molecular weight is 471 g/mol. The first kappa shape index (κ1) is 25.1. The van der Waals surface area contributed by atoms with E-state index in [1.807, 2.05) is 13.0 Å². The minimum absolute atomic E-state index is 0.0771. The molecule has 0 saturated carbocycles. The third-order valence-corrected chi connectivity index (χ3v) is 7.58. The second kappa shape index (κ2) is 12.7. The molecule has 0 spiro atoms. The molecule has 1 amide bonds. The highest BCUT2D eigenvalue weighted by molar-refractivity contribution is 8.01. The Bertz CT molecular complexity index is 865. The Morgan fingerprint density at radius 1 is 1.42 bits per heavy atom. The molecule has 0 bridgehead atoms. The van der Waals surface area contributed by atoms with Gasteiger partial charge in [0.05, 0.1) is 16.7 Å². The number of nitrogens with one attached hydrogen (secondary N) is 1. The molecule has 2 fully saturated rings. The van der Waals surface area contributed by atoms with Crippen LogP contribution in [0.25, 0.3) is 0 Å². The van der Waals surface area contributed by atoms with Crippen LogP contribution in [0.3, 0.4) is 0 Å². The third kappa shape index (κ3) is 6.99.